The number of benzene rings is 3. The van der Waals surface area contributed by atoms with E-state index in [2.05, 4.69) is 5.32 Å². The summed E-state index contributed by atoms with van der Waals surface area (Å²) in [5.41, 5.74) is -0.0362. The van der Waals surface area contributed by atoms with Gasteiger partial charge in [0.2, 0.25) is 0 Å². The van der Waals surface area contributed by atoms with Crippen molar-refractivity contribution in [2.24, 2.45) is 0 Å². The molecule has 1 atom stereocenters. The molecule has 1 fully saturated rings. The van der Waals surface area contributed by atoms with Gasteiger partial charge in [-0.1, -0.05) is 54.6 Å². The Morgan fingerprint density at radius 1 is 1.00 bits per heavy atom. The molecule has 1 saturated heterocycles. The molecule has 1 aromatic heterocycles. The number of carbonyl (C=O) groups is 2. The van der Waals surface area contributed by atoms with Crippen molar-refractivity contribution in [3.05, 3.63) is 93.8 Å². The van der Waals surface area contributed by atoms with E-state index in [9.17, 15) is 32.7 Å². The molecule has 0 spiro atoms. The predicted molar refractivity (Wildman–Crippen MR) is 188 cm³/mol. The second-order valence-corrected chi connectivity index (χ2v) is 14.9. The van der Waals surface area contributed by atoms with Gasteiger partial charge in [0.25, 0.3) is 5.56 Å². The minimum Gasteiger partial charge on any atom is -0.480 e. The molecule has 1 amide bonds. The highest BCUT2D eigenvalue weighted by molar-refractivity contribution is 7.97. The normalized spacial score (nSPS) is 17.4. The number of fused-ring (bicyclic) bond motifs is 2. The van der Waals surface area contributed by atoms with Crippen LogP contribution in [0.1, 0.15) is 56.3 Å². The standard InChI is InChI=1S/C37H39F3N4O5S/c1-36(2,3)49-35(48)43-17-15-26(16-18-43)41-31-28(20-23-11-7-10-22-9-5-6-14-27(22)23)30(24-12-8-13-25(19-24)37(38,39)40)33-44(32(31)45)29(34(46)47)21-42(4)50-33/h5-14,19,26,29,41H,15-18,20-21H2,1-4H3,(H,46,47). The molecule has 264 valence electrons. The van der Waals surface area contributed by atoms with Gasteiger partial charge in [-0.3, -0.25) is 9.36 Å². The third-order valence-corrected chi connectivity index (χ3v) is 9.99. The molecule has 13 heteroatoms. The van der Waals surface area contributed by atoms with E-state index >= 15 is 0 Å². The third kappa shape index (κ3) is 7.34. The van der Waals surface area contributed by atoms with Crippen molar-refractivity contribution < 1.29 is 32.6 Å². The van der Waals surface area contributed by atoms with Gasteiger partial charge in [-0.05, 0) is 92.2 Å². The quantitative estimate of drug-likeness (QED) is 0.197. The van der Waals surface area contributed by atoms with E-state index in [0.29, 0.717) is 37.1 Å². The Kier molecular flexibility index (Phi) is 9.66. The molecule has 3 aromatic carbocycles. The lowest BCUT2D eigenvalue weighted by Crippen LogP contribution is -2.46. The van der Waals surface area contributed by atoms with E-state index in [1.807, 2.05) is 42.5 Å². The van der Waals surface area contributed by atoms with E-state index in [-0.39, 0.29) is 35.3 Å². The number of nitrogens with one attached hydrogen (secondary N) is 1. The van der Waals surface area contributed by atoms with Crippen molar-refractivity contribution in [3.63, 3.8) is 0 Å². The van der Waals surface area contributed by atoms with E-state index in [4.69, 9.17) is 4.74 Å². The first-order chi connectivity index (χ1) is 23.6. The lowest BCUT2D eigenvalue weighted by molar-refractivity contribution is -0.141. The number of halogens is 3. The molecular weight excluding hydrogens is 669 g/mol. The molecule has 0 radical (unpaired) electrons. The predicted octanol–water partition coefficient (Wildman–Crippen LogP) is 7.67. The SMILES string of the molecule is CN1CC(C(=O)O)n2c(c(-c3cccc(C(F)(F)F)c3)c(Cc3cccc4ccccc34)c(NC3CCN(C(=O)OC(C)(C)C)CC3)c2=O)S1. The first kappa shape index (κ1) is 35.3. The maximum Gasteiger partial charge on any atom is 0.416 e. The van der Waals surface area contributed by atoms with Gasteiger partial charge in [0, 0.05) is 37.7 Å². The molecule has 6 rings (SSSR count). The van der Waals surface area contributed by atoms with Crippen molar-refractivity contribution >= 4 is 40.5 Å². The van der Waals surface area contributed by atoms with Crippen molar-refractivity contribution in [1.29, 1.82) is 0 Å². The van der Waals surface area contributed by atoms with Gasteiger partial charge in [-0.2, -0.15) is 13.2 Å². The second-order valence-electron chi connectivity index (χ2n) is 13.7. The zero-order chi connectivity index (χ0) is 36.0. The first-order valence-electron chi connectivity index (χ1n) is 16.4. The average Bonchev–Trinajstić information content (AvgIpc) is 3.05. The van der Waals surface area contributed by atoms with E-state index in [1.54, 1.807) is 43.1 Å². The number of likely N-dealkylation sites (tertiary alicyclic amines) is 1. The summed E-state index contributed by atoms with van der Waals surface area (Å²) < 4.78 is 50.8. The number of carboxylic acids is 1. The number of anilines is 1. The number of likely N-dealkylation sites (N-methyl/N-ethyl adjacent to an activating group) is 1. The number of hydrogen-bond donors (Lipinski definition) is 2. The molecule has 1 unspecified atom stereocenters. The summed E-state index contributed by atoms with van der Waals surface area (Å²) in [4.78, 5) is 41.7. The maximum absolute atomic E-state index is 14.7. The lowest BCUT2D eigenvalue weighted by atomic mass is 9.91. The minimum absolute atomic E-state index is 0.00528. The van der Waals surface area contributed by atoms with Gasteiger partial charge in [0.1, 0.15) is 22.4 Å². The fraction of sp³-hybridized carbons (Fsp3) is 0.378. The van der Waals surface area contributed by atoms with Gasteiger partial charge < -0.3 is 20.1 Å². The monoisotopic (exact) mass is 708 g/mol. The molecule has 2 aliphatic rings. The van der Waals surface area contributed by atoms with Crippen LogP contribution in [0.4, 0.5) is 23.7 Å². The summed E-state index contributed by atoms with van der Waals surface area (Å²) in [5.74, 6) is -1.23. The molecule has 4 aromatic rings. The number of aromatic nitrogens is 1. The Balaban J connectivity index is 1.55. The molecule has 0 saturated carbocycles. The molecule has 2 aliphatic heterocycles. The highest BCUT2D eigenvalue weighted by atomic mass is 32.2. The Bertz CT molecular complexity index is 1990. The number of hydrogen-bond acceptors (Lipinski definition) is 7. The number of carbonyl (C=O) groups excluding carboxylic acids is 1. The number of nitrogens with zero attached hydrogens (tertiary/aromatic N) is 3. The zero-order valence-electron chi connectivity index (χ0n) is 28.2. The largest absolute Gasteiger partial charge is 0.480 e. The van der Waals surface area contributed by atoms with Crippen LogP contribution in [0, 0.1) is 0 Å². The Morgan fingerprint density at radius 3 is 2.36 bits per heavy atom. The number of pyridine rings is 1. The Morgan fingerprint density at radius 2 is 1.68 bits per heavy atom. The van der Waals surface area contributed by atoms with Gasteiger partial charge in [0.05, 0.1) is 5.56 Å². The summed E-state index contributed by atoms with van der Waals surface area (Å²) in [5, 5.41) is 15.9. The van der Waals surface area contributed by atoms with Crippen LogP contribution < -0.4 is 10.9 Å². The van der Waals surface area contributed by atoms with Gasteiger partial charge in [0.15, 0.2) is 0 Å². The topological polar surface area (TPSA) is 104 Å². The Hall–Kier alpha value is -4.49. The van der Waals surface area contributed by atoms with Crippen LogP contribution in [0.15, 0.2) is 76.6 Å². The van der Waals surface area contributed by atoms with Crippen LogP contribution in [0.2, 0.25) is 0 Å². The van der Waals surface area contributed by atoms with Crippen LogP contribution in [0.5, 0.6) is 0 Å². The molecule has 0 aliphatic carbocycles. The average molecular weight is 709 g/mol. The Labute approximate surface area is 292 Å². The summed E-state index contributed by atoms with van der Waals surface area (Å²) in [6.07, 6.45) is -3.95. The highest BCUT2D eigenvalue weighted by Crippen LogP contribution is 2.44. The first-order valence-corrected chi connectivity index (χ1v) is 17.2. The number of ether oxygens (including phenoxy) is 1. The molecule has 50 heavy (non-hydrogen) atoms. The smallest absolute Gasteiger partial charge is 0.416 e. The molecule has 2 N–H and O–H groups in total. The van der Waals surface area contributed by atoms with Crippen molar-refractivity contribution in [2.75, 3.05) is 32.0 Å². The highest BCUT2D eigenvalue weighted by Gasteiger charge is 2.38. The summed E-state index contributed by atoms with van der Waals surface area (Å²) in [7, 11) is 1.69. The van der Waals surface area contributed by atoms with Gasteiger partial charge in [-0.25, -0.2) is 13.9 Å². The van der Waals surface area contributed by atoms with E-state index in [0.717, 1.165) is 40.4 Å². The molecule has 3 heterocycles. The molecular formula is C37H39F3N4O5S. The maximum atomic E-state index is 14.7. The minimum atomic E-state index is -4.63. The summed E-state index contributed by atoms with van der Waals surface area (Å²) in [6.45, 7) is 6.10. The van der Waals surface area contributed by atoms with Crippen LogP contribution >= 0.6 is 11.9 Å². The molecule has 0 bridgehead atoms. The fourth-order valence-corrected chi connectivity index (χ4v) is 7.78. The summed E-state index contributed by atoms with van der Waals surface area (Å²) >= 11 is 1.14. The van der Waals surface area contributed by atoms with Crippen molar-refractivity contribution in [3.8, 4) is 11.1 Å². The van der Waals surface area contributed by atoms with E-state index in [1.165, 1.54) is 10.6 Å². The number of alkyl halides is 3. The zero-order valence-corrected chi connectivity index (χ0v) is 29.0. The second kappa shape index (κ2) is 13.7. The third-order valence-electron chi connectivity index (χ3n) is 8.96. The van der Waals surface area contributed by atoms with Crippen LogP contribution in [0.3, 0.4) is 0 Å². The van der Waals surface area contributed by atoms with Crippen molar-refractivity contribution in [2.45, 2.75) is 68.9 Å². The lowest BCUT2D eigenvalue weighted by Gasteiger charge is -2.36. The number of piperidine rings is 1. The number of aliphatic carboxylic acids is 1. The summed E-state index contributed by atoms with van der Waals surface area (Å²) in [6, 6.07) is 16.9. The number of amides is 1. The fourth-order valence-electron chi connectivity index (χ4n) is 6.64. The van der Waals surface area contributed by atoms with Crippen LogP contribution in [-0.4, -0.2) is 69.3 Å². The van der Waals surface area contributed by atoms with Gasteiger partial charge in [-0.15, -0.1) is 0 Å². The van der Waals surface area contributed by atoms with Gasteiger partial charge >= 0.3 is 18.2 Å². The molecule has 9 nitrogen and oxygen atoms in total. The number of carboxylic acid groups (broad SMARTS) is 1. The van der Waals surface area contributed by atoms with Crippen LogP contribution in [-0.2, 0) is 22.1 Å². The number of rotatable bonds is 6. The van der Waals surface area contributed by atoms with E-state index < -0.39 is 41.0 Å². The van der Waals surface area contributed by atoms with Crippen molar-refractivity contribution in [1.82, 2.24) is 13.8 Å². The van der Waals surface area contributed by atoms with Crippen LogP contribution in [0.25, 0.3) is 21.9 Å².